The van der Waals surface area contributed by atoms with Crippen molar-refractivity contribution < 1.29 is 14.4 Å². The first-order chi connectivity index (χ1) is 16.3. The monoisotopic (exact) mass is 463 g/mol. The van der Waals surface area contributed by atoms with Crippen molar-refractivity contribution in [3.63, 3.8) is 0 Å². The zero-order valence-electron chi connectivity index (χ0n) is 19.6. The second-order valence-electron chi connectivity index (χ2n) is 8.60. The molecule has 2 aromatic heterocycles. The van der Waals surface area contributed by atoms with Crippen molar-refractivity contribution in [1.29, 1.82) is 0 Å². The van der Waals surface area contributed by atoms with Gasteiger partial charge in [-0.15, -0.1) is 0 Å². The summed E-state index contributed by atoms with van der Waals surface area (Å²) in [7, 11) is 1.64. The standard InChI is InChI=1S/C24H29N7O3/c1-14-21(15(2)31(29-14)13-16-8-10-30(11-9-16)24(34)26-3)28-23(33)18-12-20(22(25)32)27-19-7-5-4-6-17(18)19/h4-7,12,16H,8-11,13H2,1-3H3,(H2,25,32)(H,26,34)(H,28,33). The predicted molar refractivity (Wildman–Crippen MR) is 129 cm³/mol. The molecule has 34 heavy (non-hydrogen) atoms. The van der Waals surface area contributed by atoms with Gasteiger partial charge in [0.2, 0.25) is 0 Å². The SMILES string of the molecule is CNC(=O)N1CCC(Cn2nc(C)c(NC(=O)c3cc(C(N)=O)nc4ccccc34)c2C)CC1. The molecule has 1 saturated heterocycles. The van der Waals surface area contributed by atoms with Gasteiger partial charge in [-0.25, -0.2) is 9.78 Å². The summed E-state index contributed by atoms with van der Waals surface area (Å²) in [5, 5.41) is 10.9. The fourth-order valence-electron chi connectivity index (χ4n) is 4.45. The number of para-hydroxylation sites is 1. The molecule has 1 fully saturated rings. The largest absolute Gasteiger partial charge is 0.364 e. The molecule has 0 radical (unpaired) electrons. The number of nitrogens with two attached hydrogens (primary N) is 1. The number of likely N-dealkylation sites (tertiary alicyclic amines) is 1. The molecule has 4 rings (SSSR count). The topological polar surface area (TPSA) is 135 Å². The third-order valence-electron chi connectivity index (χ3n) is 6.38. The predicted octanol–water partition coefficient (Wildman–Crippen LogP) is 2.45. The highest BCUT2D eigenvalue weighted by atomic mass is 16.2. The van der Waals surface area contributed by atoms with Gasteiger partial charge in [-0.3, -0.25) is 14.3 Å². The van der Waals surface area contributed by atoms with Crippen LogP contribution in [-0.2, 0) is 6.54 Å². The molecule has 0 saturated carbocycles. The molecule has 0 aliphatic carbocycles. The van der Waals surface area contributed by atoms with Gasteiger partial charge in [0.15, 0.2) is 0 Å². The molecule has 3 heterocycles. The summed E-state index contributed by atoms with van der Waals surface area (Å²) in [6, 6.07) is 8.51. The Morgan fingerprint density at radius 3 is 2.53 bits per heavy atom. The number of aromatic nitrogens is 3. The third-order valence-corrected chi connectivity index (χ3v) is 6.38. The molecule has 4 N–H and O–H groups in total. The molecule has 3 aromatic rings. The lowest BCUT2D eigenvalue weighted by molar-refractivity contribution is 0.0996. The highest BCUT2D eigenvalue weighted by Crippen LogP contribution is 2.26. The second-order valence-corrected chi connectivity index (χ2v) is 8.60. The van der Waals surface area contributed by atoms with Gasteiger partial charge in [0, 0.05) is 32.1 Å². The quantitative estimate of drug-likeness (QED) is 0.534. The van der Waals surface area contributed by atoms with Crippen molar-refractivity contribution >= 4 is 34.4 Å². The van der Waals surface area contributed by atoms with Crippen LogP contribution in [0, 0.1) is 19.8 Å². The number of carbonyl (C=O) groups excluding carboxylic acids is 3. The van der Waals surface area contributed by atoms with Crippen molar-refractivity contribution in [3.05, 3.63) is 53.0 Å². The molecular formula is C24H29N7O3. The zero-order valence-corrected chi connectivity index (χ0v) is 19.6. The Kier molecular flexibility index (Phi) is 6.49. The number of benzene rings is 1. The number of nitrogens with one attached hydrogen (secondary N) is 2. The van der Waals surface area contributed by atoms with Crippen molar-refractivity contribution in [2.24, 2.45) is 11.7 Å². The van der Waals surface area contributed by atoms with E-state index < -0.39 is 5.91 Å². The van der Waals surface area contributed by atoms with E-state index in [4.69, 9.17) is 5.73 Å². The van der Waals surface area contributed by atoms with Crippen LogP contribution in [0.15, 0.2) is 30.3 Å². The molecule has 1 aliphatic rings. The van der Waals surface area contributed by atoms with Crippen LogP contribution in [0.3, 0.4) is 0 Å². The lowest BCUT2D eigenvalue weighted by Gasteiger charge is -2.31. The van der Waals surface area contributed by atoms with E-state index in [1.807, 2.05) is 29.5 Å². The summed E-state index contributed by atoms with van der Waals surface area (Å²) in [6.07, 6.45) is 1.79. The number of urea groups is 1. The average molecular weight is 464 g/mol. The molecule has 178 valence electrons. The van der Waals surface area contributed by atoms with E-state index in [9.17, 15) is 14.4 Å². The molecule has 10 heteroatoms. The highest BCUT2D eigenvalue weighted by molar-refractivity contribution is 6.14. The Labute approximate surface area is 197 Å². The fourth-order valence-corrected chi connectivity index (χ4v) is 4.45. The Hall–Kier alpha value is -3.95. The van der Waals surface area contributed by atoms with Crippen LogP contribution in [0.5, 0.6) is 0 Å². The minimum Gasteiger partial charge on any atom is -0.364 e. The van der Waals surface area contributed by atoms with Crippen molar-refractivity contribution in [1.82, 2.24) is 25.0 Å². The maximum atomic E-state index is 13.3. The van der Waals surface area contributed by atoms with Crippen LogP contribution < -0.4 is 16.4 Å². The number of carbonyl (C=O) groups is 3. The van der Waals surface area contributed by atoms with Gasteiger partial charge in [-0.1, -0.05) is 18.2 Å². The Balaban J connectivity index is 1.53. The van der Waals surface area contributed by atoms with E-state index in [0.717, 1.165) is 18.5 Å². The maximum absolute atomic E-state index is 13.3. The summed E-state index contributed by atoms with van der Waals surface area (Å²) in [5.74, 6) is -0.655. The number of rotatable bonds is 5. The number of pyridine rings is 1. The van der Waals surface area contributed by atoms with Gasteiger partial charge in [0.05, 0.1) is 28.2 Å². The number of anilines is 1. The summed E-state index contributed by atoms with van der Waals surface area (Å²) in [6.45, 7) is 5.92. The molecule has 10 nitrogen and oxygen atoms in total. The second kappa shape index (κ2) is 9.50. The number of fused-ring (bicyclic) bond motifs is 1. The fraction of sp³-hybridized carbons (Fsp3) is 0.375. The highest BCUT2D eigenvalue weighted by Gasteiger charge is 2.24. The van der Waals surface area contributed by atoms with E-state index in [0.29, 0.717) is 53.4 Å². The van der Waals surface area contributed by atoms with E-state index in [-0.39, 0.29) is 17.6 Å². The minimum atomic E-state index is -0.692. The van der Waals surface area contributed by atoms with Crippen LogP contribution in [0.2, 0.25) is 0 Å². The smallest absolute Gasteiger partial charge is 0.317 e. The number of aryl methyl sites for hydroxylation is 1. The number of amides is 4. The van der Waals surface area contributed by atoms with E-state index >= 15 is 0 Å². The van der Waals surface area contributed by atoms with Crippen molar-refractivity contribution in [2.45, 2.75) is 33.2 Å². The molecule has 1 aliphatic heterocycles. The van der Waals surface area contributed by atoms with Crippen LogP contribution in [0.1, 0.15) is 45.1 Å². The average Bonchev–Trinajstić information content (AvgIpc) is 3.10. The van der Waals surface area contributed by atoms with E-state index in [1.54, 1.807) is 25.2 Å². The molecule has 4 amide bonds. The lowest BCUT2D eigenvalue weighted by atomic mass is 9.97. The van der Waals surface area contributed by atoms with Gasteiger partial charge in [0.25, 0.3) is 11.8 Å². The molecule has 0 bridgehead atoms. The molecular weight excluding hydrogens is 434 g/mol. The van der Waals surface area contributed by atoms with Crippen LogP contribution in [0.4, 0.5) is 10.5 Å². The number of hydrogen-bond acceptors (Lipinski definition) is 5. The maximum Gasteiger partial charge on any atom is 0.317 e. The summed E-state index contributed by atoms with van der Waals surface area (Å²) in [5.41, 5.74) is 8.53. The number of hydrogen-bond donors (Lipinski definition) is 3. The summed E-state index contributed by atoms with van der Waals surface area (Å²) >= 11 is 0. The minimum absolute atomic E-state index is 0.0380. The summed E-state index contributed by atoms with van der Waals surface area (Å²) in [4.78, 5) is 42.9. The number of primary amides is 1. The first-order valence-electron chi connectivity index (χ1n) is 11.3. The third kappa shape index (κ3) is 4.57. The Morgan fingerprint density at radius 1 is 1.15 bits per heavy atom. The molecule has 0 spiro atoms. The van der Waals surface area contributed by atoms with E-state index in [2.05, 4.69) is 20.7 Å². The summed E-state index contributed by atoms with van der Waals surface area (Å²) < 4.78 is 1.92. The first-order valence-corrected chi connectivity index (χ1v) is 11.3. The van der Waals surface area contributed by atoms with Crippen molar-refractivity contribution in [3.8, 4) is 0 Å². The molecule has 0 atom stereocenters. The zero-order chi connectivity index (χ0) is 24.4. The van der Waals surface area contributed by atoms with Gasteiger partial charge < -0.3 is 21.3 Å². The number of piperidine rings is 1. The van der Waals surface area contributed by atoms with Gasteiger partial charge in [0.1, 0.15) is 5.69 Å². The van der Waals surface area contributed by atoms with Gasteiger partial charge in [-0.2, -0.15) is 5.10 Å². The Morgan fingerprint density at radius 2 is 1.85 bits per heavy atom. The first kappa shape index (κ1) is 23.2. The Bertz CT molecular complexity index is 1260. The van der Waals surface area contributed by atoms with Crippen molar-refractivity contribution in [2.75, 3.05) is 25.5 Å². The van der Waals surface area contributed by atoms with E-state index in [1.165, 1.54) is 6.07 Å². The van der Waals surface area contributed by atoms with Crippen LogP contribution in [-0.4, -0.2) is 57.6 Å². The lowest BCUT2D eigenvalue weighted by Crippen LogP contribution is -2.43. The molecule has 1 aromatic carbocycles. The number of nitrogens with zero attached hydrogens (tertiary/aromatic N) is 4. The van der Waals surface area contributed by atoms with Crippen LogP contribution >= 0.6 is 0 Å². The van der Waals surface area contributed by atoms with Gasteiger partial charge in [-0.05, 0) is 44.7 Å². The normalized spacial score (nSPS) is 14.3. The van der Waals surface area contributed by atoms with Gasteiger partial charge >= 0.3 is 6.03 Å². The van der Waals surface area contributed by atoms with Crippen LogP contribution in [0.25, 0.3) is 10.9 Å². The molecule has 0 unspecified atom stereocenters.